The number of ether oxygens (including phenoxy) is 2. The molecule has 0 radical (unpaired) electrons. The maximum atomic E-state index is 13.7. The second-order valence-electron chi connectivity index (χ2n) is 5.91. The summed E-state index contributed by atoms with van der Waals surface area (Å²) in [7, 11) is 5.17. The molecule has 1 aliphatic rings. The minimum absolute atomic E-state index is 0.274. The first-order chi connectivity index (χ1) is 11.1. The molecule has 2 aromatic rings. The van der Waals surface area contributed by atoms with Crippen LogP contribution in [0, 0.1) is 11.7 Å². The Morgan fingerprint density at radius 2 is 2.22 bits per heavy atom. The fourth-order valence-corrected chi connectivity index (χ4v) is 2.74. The highest BCUT2D eigenvalue weighted by Crippen LogP contribution is 2.32. The smallest absolute Gasteiger partial charge is 0.183 e. The van der Waals surface area contributed by atoms with E-state index in [9.17, 15) is 4.39 Å². The molecule has 3 rings (SSSR count). The lowest BCUT2D eigenvalue weighted by atomic mass is 9.93. The van der Waals surface area contributed by atoms with Crippen molar-refractivity contribution in [2.45, 2.75) is 12.8 Å². The molecule has 0 amide bonds. The van der Waals surface area contributed by atoms with Crippen molar-refractivity contribution >= 4 is 5.82 Å². The molecule has 0 saturated heterocycles. The fraction of sp³-hybridized carbons (Fsp3) is 0.412. The first-order valence-electron chi connectivity index (χ1n) is 7.55. The van der Waals surface area contributed by atoms with Gasteiger partial charge >= 0.3 is 0 Å². The van der Waals surface area contributed by atoms with Gasteiger partial charge in [-0.05, 0) is 18.1 Å². The largest absolute Gasteiger partial charge is 0.497 e. The second kappa shape index (κ2) is 6.40. The monoisotopic (exact) mass is 317 g/mol. The van der Waals surface area contributed by atoms with Crippen LogP contribution >= 0.6 is 0 Å². The highest BCUT2D eigenvalue weighted by molar-refractivity contribution is 5.42. The topological polar surface area (TPSA) is 47.5 Å². The summed E-state index contributed by atoms with van der Waals surface area (Å²) in [5, 5.41) is 0. The molecule has 0 spiro atoms. The van der Waals surface area contributed by atoms with E-state index in [0.29, 0.717) is 24.7 Å². The van der Waals surface area contributed by atoms with Gasteiger partial charge in [-0.15, -0.1) is 0 Å². The van der Waals surface area contributed by atoms with Gasteiger partial charge in [0.2, 0.25) is 0 Å². The van der Waals surface area contributed by atoms with E-state index < -0.39 is 5.82 Å². The first kappa shape index (κ1) is 15.5. The molecule has 0 bridgehead atoms. The van der Waals surface area contributed by atoms with Gasteiger partial charge < -0.3 is 14.4 Å². The van der Waals surface area contributed by atoms with E-state index in [1.165, 1.54) is 6.20 Å². The molecule has 5 nitrogen and oxygen atoms in total. The van der Waals surface area contributed by atoms with Gasteiger partial charge in [-0.1, -0.05) is 6.07 Å². The SMILES string of the molecule is COc1ccc2c(c1)OCC(Cc1ncc(F)c(N(C)C)n1)C2. The average Bonchev–Trinajstić information content (AvgIpc) is 2.56. The maximum Gasteiger partial charge on any atom is 0.183 e. The van der Waals surface area contributed by atoms with Crippen LogP contribution in [0.3, 0.4) is 0 Å². The molecule has 1 aliphatic heterocycles. The third-order valence-corrected chi connectivity index (χ3v) is 3.93. The van der Waals surface area contributed by atoms with Crippen LogP contribution in [0.1, 0.15) is 11.4 Å². The molecule has 0 saturated carbocycles. The Bertz CT molecular complexity index is 706. The van der Waals surface area contributed by atoms with Gasteiger partial charge in [0.25, 0.3) is 0 Å². The van der Waals surface area contributed by atoms with Gasteiger partial charge in [0, 0.05) is 32.5 Å². The minimum atomic E-state index is -0.406. The van der Waals surface area contributed by atoms with Crippen molar-refractivity contribution in [2.75, 3.05) is 32.7 Å². The number of rotatable bonds is 4. The van der Waals surface area contributed by atoms with Crippen LogP contribution in [0.4, 0.5) is 10.2 Å². The number of hydrogen-bond donors (Lipinski definition) is 0. The van der Waals surface area contributed by atoms with Gasteiger partial charge in [0.05, 0.1) is 19.9 Å². The van der Waals surface area contributed by atoms with Gasteiger partial charge in [-0.3, -0.25) is 0 Å². The Labute approximate surface area is 135 Å². The van der Waals surface area contributed by atoms with Crippen molar-refractivity contribution in [1.29, 1.82) is 0 Å². The summed E-state index contributed by atoms with van der Waals surface area (Å²) >= 11 is 0. The Kier molecular flexibility index (Phi) is 4.32. The summed E-state index contributed by atoms with van der Waals surface area (Å²) in [5.74, 6) is 2.49. The maximum absolute atomic E-state index is 13.7. The Morgan fingerprint density at radius 3 is 2.96 bits per heavy atom. The Morgan fingerprint density at radius 1 is 1.39 bits per heavy atom. The van der Waals surface area contributed by atoms with E-state index in [0.717, 1.165) is 23.5 Å². The number of nitrogens with zero attached hydrogens (tertiary/aromatic N) is 3. The van der Waals surface area contributed by atoms with E-state index in [1.807, 2.05) is 18.2 Å². The van der Waals surface area contributed by atoms with Gasteiger partial charge in [-0.25, -0.2) is 14.4 Å². The van der Waals surface area contributed by atoms with Crippen molar-refractivity contribution in [3.8, 4) is 11.5 Å². The zero-order valence-electron chi connectivity index (χ0n) is 13.5. The van der Waals surface area contributed by atoms with Gasteiger partial charge in [0.15, 0.2) is 11.6 Å². The van der Waals surface area contributed by atoms with Gasteiger partial charge in [-0.2, -0.15) is 0 Å². The summed E-state index contributed by atoms with van der Waals surface area (Å²) in [6.45, 7) is 0.595. The van der Waals surface area contributed by atoms with E-state index in [4.69, 9.17) is 9.47 Å². The Balaban J connectivity index is 1.73. The second-order valence-corrected chi connectivity index (χ2v) is 5.91. The number of halogens is 1. The van der Waals surface area contributed by atoms with Crippen LogP contribution in [0.2, 0.25) is 0 Å². The summed E-state index contributed by atoms with van der Waals surface area (Å²) in [4.78, 5) is 10.1. The van der Waals surface area contributed by atoms with E-state index in [2.05, 4.69) is 9.97 Å². The normalized spacial score (nSPS) is 16.4. The third kappa shape index (κ3) is 3.36. The summed E-state index contributed by atoms with van der Waals surface area (Å²) < 4.78 is 24.7. The van der Waals surface area contributed by atoms with Crippen molar-refractivity contribution < 1.29 is 13.9 Å². The zero-order valence-corrected chi connectivity index (χ0v) is 13.5. The predicted molar refractivity (Wildman–Crippen MR) is 85.7 cm³/mol. The molecule has 1 aromatic heterocycles. The molecular weight excluding hydrogens is 297 g/mol. The molecular formula is C17H20FN3O2. The van der Waals surface area contributed by atoms with E-state index in [1.54, 1.807) is 26.1 Å². The molecule has 0 fully saturated rings. The van der Waals surface area contributed by atoms with E-state index >= 15 is 0 Å². The minimum Gasteiger partial charge on any atom is -0.497 e. The lowest BCUT2D eigenvalue weighted by molar-refractivity contribution is 0.218. The molecule has 6 heteroatoms. The van der Waals surface area contributed by atoms with Crippen LogP contribution in [0.5, 0.6) is 11.5 Å². The molecule has 122 valence electrons. The van der Waals surface area contributed by atoms with Crippen molar-refractivity contribution in [3.05, 3.63) is 41.6 Å². The molecule has 0 aliphatic carbocycles. The van der Waals surface area contributed by atoms with E-state index in [-0.39, 0.29) is 5.92 Å². The number of anilines is 1. The summed E-state index contributed by atoms with van der Waals surface area (Å²) in [6, 6.07) is 5.87. The average molecular weight is 317 g/mol. The predicted octanol–water partition coefficient (Wildman–Crippen LogP) is 2.48. The molecule has 23 heavy (non-hydrogen) atoms. The van der Waals surface area contributed by atoms with Crippen molar-refractivity contribution in [3.63, 3.8) is 0 Å². The van der Waals surface area contributed by atoms with Crippen LogP contribution in [-0.2, 0) is 12.8 Å². The molecule has 1 atom stereocenters. The highest BCUT2D eigenvalue weighted by atomic mass is 19.1. The Hall–Kier alpha value is -2.37. The van der Waals surface area contributed by atoms with Crippen LogP contribution in [-0.4, -0.2) is 37.8 Å². The summed E-state index contributed by atoms with van der Waals surface area (Å²) in [5.41, 5.74) is 1.15. The fourth-order valence-electron chi connectivity index (χ4n) is 2.74. The van der Waals surface area contributed by atoms with Crippen molar-refractivity contribution in [2.24, 2.45) is 5.92 Å². The van der Waals surface area contributed by atoms with Crippen LogP contribution in [0.15, 0.2) is 24.4 Å². The number of aromatic nitrogens is 2. The number of benzene rings is 1. The number of fused-ring (bicyclic) bond motifs is 1. The molecule has 1 aromatic carbocycles. The first-order valence-corrected chi connectivity index (χ1v) is 7.55. The highest BCUT2D eigenvalue weighted by Gasteiger charge is 2.22. The lowest BCUT2D eigenvalue weighted by Crippen LogP contribution is -2.24. The van der Waals surface area contributed by atoms with Gasteiger partial charge in [0.1, 0.15) is 17.3 Å². The third-order valence-electron chi connectivity index (χ3n) is 3.93. The number of methoxy groups -OCH3 is 1. The standard InChI is InChI=1S/C17H20FN3O2/c1-21(2)17-14(18)9-19-16(20-17)7-11-6-12-4-5-13(22-3)8-15(12)23-10-11/h4-5,8-9,11H,6-7,10H2,1-3H3. The van der Waals surface area contributed by atoms with Crippen molar-refractivity contribution in [1.82, 2.24) is 9.97 Å². The zero-order chi connectivity index (χ0) is 16.4. The lowest BCUT2D eigenvalue weighted by Gasteiger charge is -2.25. The molecule has 2 heterocycles. The van der Waals surface area contributed by atoms with Crippen LogP contribution in [0.25, 0.3) is 0 Å². The molecule has 1 unspecified atom stereocenters. The number of hydrogen-bond acceptors (Lipinski definition) is 5. The molecule has 0 N–H and O–H groups in total. The quantitative estimate of drug-likeness (QED) is 0.867. The summed E-state index contributed by atoms with van der Waals surface area (Å²) in [6.07, 6.45) is 2.78. The van der Waals surface area contributed by atoms with Crippen LogP contribution < -0.4 is 14.4 Å².